The van der Waals surface area contributed by atoms with Crippen molar-refractivity contribution in [3.63, 3.8) is 0 Å². The number of esters is 2. The Labute approximate surface area is 219 Å². The van der Waals surface area contributed by atoms with Gasteiger partial charge in [0.15, 0.2) is 18.1 Å². The van der Waals surface area contributed by atoms with Crippen LogP contribution in [0.4, 0.5) is 0 Å². The molecule has 8 heteroatoms. The standard InChI is InChI=1S/C30H24N2O6/c1-21-9-8-14-25(17-21)36-20-28(33)32-31-19-22-15-16-26(37-29(34)23-10-4-2-5-11-23)27(18-22)38-30(35)24-12-6-3-7-13-24/h2-19H,20H2,1H3,(H,32,33)/b31-19+. The van der Waals surface area contributed by atoms with E-state index in [1.807, 2.05) is 25.1 Å². The zero-order chi connectivity index (χ0) is 26.7. The molecule has 4 aromatic carbocycles. The van der Waals surface area contributed by atoms with Crippen molar-refractivity contribution in [1.29, 1.82) is 0 Å². The molecule has 1 amide bonds. The van der Waals surface area contributed by atoms with Crippen LogP contribution in [0.3, 0.4) is 0 Å². The van der Waals surface area contributed by atoms with Gasteiger partial charge in [-0.1, -0.05) is 48.5 Å². The number of carbonyl (C=O) groups is 3. The second kappa shape index (κ2) is 12.6. The summed E-state index contributed by atoms with van der Waals surface area (Å²) in [5, 5.41) is 3.94. The monoisotopic (exact) mass is 508 g/mol. The Bertz CT molecular complexity index is 1450. The van der Waals surface area contributed by atoms with Crippen molar-refractivity contribution in [3.05, 3.63) is 125 Å². The molecule has 0 bridgehead atoms. The number of rotatable bonds is 9. The minimum atomic E-state index is -0.627. The number of hydrogen-bond acceptors (Lipinski definition) is 7. The van der Waals surface area contributed by atoms with Crippen LogP contribution in [0.5, 0.6) is 17.2 Å². The lowest BCUT2D eigenvalue weighted by atomic mass is 10.2. The molecule has 4 rings (SSSR count). The summed E-state index contributed by atoms with van der Waals surface area (Å²) in [6, 6.07) is 28.8. The lowest BCUT2D eigenvalue weighted by Crippen LogP contribution is -2.24. The van der Waals surface area contributed by atoms with Gasteiger partial charge in [0.05, 0.1) is 17.3 Å². The van der Waals surface area contributed by atoms with Crippen molar-refractivity contribution in [2.75, 3.05) is 6.61 Å². The first-order valence-corrected chi connectivity index (χ1v) is 11.7. The Morgan fingerprint density at radius 1 is 0.737 bits per heavy atom. The molecule has 1 N–H and O–H groups in total. The van der Waals surface area contributed by atoms with Crippen molar-refractivity contribution in [2.24, 2.45) is 5.10 Å². The van der Waals surface area contributed by atoms with Gasteiger partial charge < -0.3 is 14.2 Å². The summed E-state index contributed by atoms with van der Waals surface area (Å²) in [4.78, 5) is 37.4. The number of ether oxygens (including phenoxy) is 3. The van der Waals surface area contributed by atoms with Gasteiger partial charge in [0.25, 0.3) is 5.91 Å². The molecule has 0 atom stereocenters. The van der Waals surface area contributed by atoms with Crippen molar-refractivity contribution >= 4 is 24.1 Å². The zero-order valence-electron chi connectivity index (χ0n) is 20.5. The maximum atomic E-state index is 12.7. The van der Waals surface area contributed by atoms with Crippen LogP contribution in [0, 0.1) is 6.92 Å². The third-order valence-electron chi connectivity index (χ3n) is 5.15. The number of benzene rings is 4. The van der Waals surface area contributed by atoms with Gasteiger partial charge in [0.2, 0.25) is 0 Å². The van der Waals surface area contributed by atoms with Crippen molar-refractivity contribution < 1.29 is 28.6 Å². The van der Waals surface area contributed by atoms with Crippen LogP contribution in [0.1, 0.15) is 31.8 Å². The molecule has 0 aliphatic heterocycles. The molecule has 38 heavy (non-hydrogen) atoms. The van der Waals surface area contributed by atoms with E-state index in [1.54, 1.807) is 72.8 Å². The molecule has 4 aromatic rings. The van der Waals surface area contributed by atoms with E-state index in [1.165, 1.54) is 18.3 Å². The SMILES string of the molecule is Cc1cccc(OCC(=O)N/N=C/c2ccc(OC(=O)c3ccccc3)c(OC(=O)c3ccccc3)c2)c1. The maximum absolute atomic E-state index is 12.7. The number of hydrazone groups is 1. The highest BCUT2D eigenvalue weighted by Gasteiger charge is 2.17. The predicted octanol–water partition coefficient (Wildman–Crippen LogP) is 4.96. The molecule has 0 aliphatic rings. The topological polar surface area (TPSA) is 103 Å². The Kier molecular flexibility index (Phi) is 8.60. The maximum Gasteiger partial charge on any atom is 0.343 e. The number of carbonyl (C=O) groups excluding carboxylic acids is 3. The fourth-order valence-electron chi connectivity index (χ4n) is 3.30. The highest BCUT2D eigenvalue weighted by Crippen LogP contribution is 2.30. The number of nitrogens with zero attached hydrogens (tertiary/aromatic N) is 1. The van der Waals surface area contributed by atoms with Crippen LogP contribution in [0.2, 0.25) is 0 Å². The second-order valence-electron chi connectivity index (χ2n) is 8.12. The largest absolute Gasteiger partial charge is 0.484 e. The van der Waals surface area contributed by atoms with Crippen LogP contribution >= 0.6 is 0 Å². The van der Waals surface area contributed by atoms with Crippen molar-refractivity contribution in [2.45, 2.75) is 6.92 Å². The Morgan fingerprint density at radius 3 is 2.00 bits per heavy atom. The average molecular weight is 509 g/mol. The fraction of sp³-hybridized carbons (Fsp3) is 0.0667. The molecule has 190 valence electrons. The van der Waals surface area contributed by atoms with Gasteiger partial charge in [0, 0.05) is 0 Å². The number of amides is 1. The number of hydrogen-bond donors (Lipinski definition) is 1. The van der Waals surface area contributed by atoms with Gasteiger partial charge in [-0.15, -0.1) is 0 Å². The van der Waals surface area contributed by atoms with Gasteiger partial charge in [-0.2, -0.15) is 5.10 Å². The third kappa shape index (κ3) is 7.38. The molecule has 0 saturated heterocycles. The molecular formula is C30H24N2O6. The molecule has 0 unspecified atom stereocenters. The second-order valence-corrected chi connectivity index (χ2v) is 8.12. The van der Waals surface area contributed by atoms with Crippen molar-refractivity contribution in [3.8, 4) is 17.2 Å². The van der Waals surface area contributed by atoms with Gasteiger partial charge in [-0.25, -0.2) is 15.0 Å². The highest BCUT2D eigenvalue weighted by atomic mass is 16.6. The van der Waals surface area contributed by atoms with Gasteiger partial charge >= 0.3 is 11.9 Å². The molecule has 0 spiro atoms. The average Bonchev–Trinajstić information content (AvgIpc) is 2.94. The fourth-order valence-corrected chi connectivity index (χ4v) is 3.30. The smallest absolute Gasteiger partial charge is 0.343 e. The van der Waals surface area contributed by atoms with Crippen LogP contribution in [0.15, 0.2) is 108 Å². The van der Waals surface area contributed by atoms with E-state index in [4.69, 9.17) is 14.2 Å². The van der Waals surface area contributed by atoms with E-state index in [-0.39, 0.29) is 18.1 Å². The molecule has 0 saturated carbocycles. The quantitative estimate of drug-likeness (QED) is 0.148. The summed E-state index contributed by atoms with van der Waals surface area (Å²) < 4.78 is 16.5. The van der Waals surface area contributed by atoms with Crippen LogP contribution < -0.4 is 19.6 Å². The number of nitrogens with one attached hydrogen (secondary N) is 1. The van der Waals surface area contributed by atoms with Gasteiger partial charge in [0.1, 0.15) is 5.75 Å². The Morgan fingerprint density at radius 2 is 1.37 bits per heavy atom. The van der Waals surface area contributed by atoms with Crippen molar-refractivity contribution in [1.82, 2.24) is 5.43 Å². The van der Waals surface area contributed by atoms with Gasteiger partial charge in [-0.05, 0) is 72.6 Å². The summed E-state index contributed by atoms with van der Waals surface area (Å²) in [5.41, 5.74) is 4.55. The van der Waals surface area contributed by atoms with E-state index >= 15 is 0 Å². The molecule has 8 nitrogen and oxygen atoms in total. The molecule has 0 heterocycles. The van der Waals surface area contributed by atoms with E-state index in [9.17, 15) is 14.4 Å². The minimum absolute atomic E-state index is 0.0150. The molecular weight excluding hydrogens is 484 g/mol. The lowest BCUT2D eigenvalue weighted by molar-refractivity contribution is -0.123. The molecule has 0 aromatic heterocycles. The summed E-state index contributed by atoms with van der Waals surface area (Å²) >= 11 is 0. The molecule has 0 radical (unpaired) electrons. The summed E-state index contributed by atoms with van der Waals surface area (Å²) in [6.45, 7) is 1.71. The summed E-state index contributed by atoms with van der Waals surface area (Å²) in [6.07, 6.45) is 1.37. The van der Waals surface area contributed by atoms with Crippen LogP contribution in [-0.4, -0.2) is 30.7 Å². The van der Waals surface area contributed by atoms with Crippen LogP contribution in [0.25, 0.3) is 0 Å². The Hall–Kier alpha value is -5.24. The zero-order valence-corrected chi connectivity index (χ0v) is 20.5. The first kappa shape index (κ1) is 25.8. The van der Waals surface area contributed by atoms with E-state index in [0.717, 1.165) is 5.56 Å². The van der Waals surface area contributed by atoms with E-state index < -0.39 is 17.8 Å². The predicted molar refractivity (Wildman–Crippen MR) is 142 cm³/mol. The highest BCUT2D eigenvalue weighted by molar-refractivity contribution is 5.94. The minimum Gasteiger partial charge on any atom is -0.484 e. The number of aryl methyl sites for hydroxylation is 1. The summed E-state index contributed by atoms with van der Waals surface area (Å²) in [7, 11) is 0. The molecule has 0 fully saturated rings. The third-order valence-corrected chi connectivity index (χ3v) is 5.15. The van der Waals surface area contributed by atoms with E-state index in [0.29, 0.717) is 22.4 Å². The first-order chi connectivity index (χ1) is 18.5. The molecule has 0 aliphatic carbocycles. The summed E-state index contributed by atoms with van der Waals surface area (Å²) in [5.74, 6) is -1.04. The Balaban J connectivity index is 1.46. The van der Waals surface area contributed by atoms with E-state index in [2.05, 4.69) is 10.5 Å². The lowest BCUT2D eigenvalue weighted by Gasteiger charge is -2.11. The van der Waals surface area contributed by atoms with Gasteiger partial charge in [-0.3, -0.25) is 4.79 Å². The van der Waals surface area contributed by atoms with Crippen LogP contribution in [-0.2, 0) is 4.79 Å². The first-order valence-electron chi connectivity index (χ1n) is 11.7. The normalized spacial score (nSPS) is 10.6.